The van der Waals surface area contributed by atoms with E-state index in [2.05, 4.69) is 30.9 Å². The first-order valence-electron chi connectivity index (χ1n) is 4.63. The van der Waals surface area contributed by atoms with E-state index in [9.17, 15) is 10.1 Å². The second-order valence-electron chi connectivity index (χ2n) is 3.06. The number of nitrogen functional groups attached to an aromatic ring is 1. The molecule has 0 amide bonds. The maximum absolute atomic E-state index is 10.9. The number of hydrogen-bond donors (Lipinski definition) is 1. The van der Waals surface area contributed by atoms with Gasteiger partial charge in [-0.3, -0.25) is 10.1 Å². The maximum Gasteiger partial charge on any atom is 0.343 e. The zero-order valence-corrected chi connectivity index (χ0v) is 11.2. The van der Waals surface area contributed by atoms with Crippen molar-refractivity contribution >= 4 is 39.2 Å². The molecule has 0 aliphatic carbocycles. The van der Waals surface area contributed by atoms with Crippen LogP contribution in [-0.2, 0) is 0 Å². The Balaban J connectivity index is 2.44. The van der Waals surface area contributed by atoms with Crippen LogP contribution in [0.4, 0.5) is 11.5 Å². The molecule has 18 heavy (non-hydrogen) atoms. The van der Waals surface area contributed by atoms with E-state index in [4.69, 9.17) is 5.73 Å². The van der Waals surface area contributed by atoms with Gasteiger partial charge in [-0.1, -0.05) is 0 Å². The molecule has 2 rings (SSSR count). The van der Waals surface area contributed by atoms with Gasteiger partial charge in [-0.2, -0.15) is 0 Å². The predicted octanol–water partition coefficient (Wildman–Crippen LogP) is 2.28. The number of nitrogens with two attached hydrogens (primary N) is 1. The molecule has 2 aromatic rings. The summed E-state index contributed by atoms with van der Waals surface area (Å²) < 4.78 is 0.724. The van der Waals surface area contributed by atoms with Crippen LogP contribution in [-0.4, -0.2) is 19.9 Å². The predicted molar refractivity (Wildman–Crippen MR) is 69.2 cm³/mol. The monoisotopic (exact) mass is 327 g/mol. The van der Waals surface area contributed by atoms with E-state index in [1.807, 2.05) is 0 Å². The number of hydrogen-bond acceptors (Lipinski definition) is 7. The van der Waals surface area contributed by atoms with Gasteiger partial charge in [-0.05, 0) is 39.8 Å². The molecule has 0 bridgehead atoms. The summed E-state index contributed by atoms with van der Waals surface area (Å²) in [5, 5.41) is 11.6. The lowest BCUT2D eigenvalue weighted by atomic mass is 10.5. The van der Waals surface area contributed by atoms with E-state index in [0.717, 1.165) is 16.2 Å². The molecule has 0 unspecified atom stereocenters. The minimum atomic E-state index is -0.603. The number of anilines is 1. The number of halogens is 1. The first-order valence-corrected chi connectivity index (χ1v) is 6.23. The third kappa shape index (κ3) is 2.57. The molecule has 0 aliphatic heterocycles. The summed E-state index contributed by atoms with van der Waals surface area (Å²) in [6.07, 6.45) is 2.77. The molecular formula is C9H6BrN5O2S. The van der Waals surface area contributed by atoms with Crippen molar-refractivity contribution in [2.45, 2.75) is 10.1 Å². The normalized spacial score (nSPS) is 10.3. The lowest BCUT2D eigenvalue weighted by molar-refractivity contribution is -0.387. The molecule has 2 aromatic heterocycles. The highest BCUT2D eigenvalue weighted by atomic mass is 79.9. The summed E-state index contributed by atoms with van der Waals surface area (Å²) in [5.74, 6) is -0.162. The lowest BCUT2D eigenvalue weighted by Gasteiger charge is -2.03. The van der Waals surface area contributed by atoms with E-state index in [1.165, 1.54) is 6.33 Å². The molecule has 92 valence electrons. The third-order valence-electron chi connectivity index (χ3n) is 1.92. The van der Waals surface area contributed by atoms with Crippen molar-refractivity contribution in [1.82, 2.24) is 15.0 Å². The van der Waals surface area contributed by atoms with E-state index in [0.29, 0.717) is 5.03 Å². The Labute approximate surface area is 114 Å². The van der Waals surface area contributed by atoms with Crippen LogP contribution in [0.15, 0.2) is 39.2 Å². The molecule has 0 saturated carbocycles. The summed E-state index contributed by atoms with van der Waals surface area (Å²) in [6, 6.07) is 3.53. The molecule has 0 aliphatic rings. The first kappa shape index (κ1) is 12.7. The van der Waals surface area contributed by atoms with E-state index in [1.54, 1.807) is 18.3 Å². The van der Waals surface area contributed by atoms with Crippen LogP contribution >= 0.6 is 27.7 Å². The highest BCUT2D eigenvalue weighted by Crippen LogP contribution is 2.36. The number of nitrogens with zero attached hydrogens (tertiary/aromatic N) is 4. The molecule has 2 heterocycles. The van der Waals surface area contributed by atoms with E-state index < -0.39 is 4.92 Å². The Morgan fingerprint density at radius 3 is 2.78 bits per heavy atom. The summed E-state index contributed by atoms with van der Waals surface area (Å²) in [7, 11) is 0. The van der Waals surface area contributed by atoms with Crippen molar-refractivity contribution in [3.8, 4) is 0 Å². The van der Waals surface area contributed by atoms with Gasteiger partial charge in [0.1, 0.15) is 11.4 Å². The average Bonchev–Trinajstić information content (AvgIpc) is 2.31. The highest BCUT2D eigenvalue weighted by molar-refractivity contribution is 9.10. The molecular weight excluding hydrogens is 322 g/mol. The summed E-state index contributed by atoms with van der Waals surface area (Å²) in [4.78, 5) is 21.9. The summed E-state index contributed by atoms with van der Waals surface area (Å²) in [5.41, 5.74) is 5.17. The zero-order chi connectivity index (χ0) is 13.1. The minimum Gasteiger partial charge on any atom is -0.378 e. The van der Waals surface area contributed by atoms with Gasteiger partial charge < -0.3 is 5.73 Å². The van der Waals surface area contributed by atoms with Crippen molar-refractivity contribution < 1.29 is 4.92 Å². The van der Waals surface area contributed by atoms with Crippen LogP contribution in [0.1, 0.15) is 0 Å². The van der Waals surface area contributed by atoms with Crippen LogP contribution in [0.2, 0.25) is 0 Å². The van der Waals surface area contributed by atoms with Crippen molar-refractivity contribution in [2.24, 2.45) is 0 Å². The first-order chi connectivity index (χ1) is 8.59. The van der Waals surface area contributed by atoms with E-state index in [-0.39, 0.29) is 16.5 Å². The van der Waals surface area contributed by atoms with Crippen molar-refractivity contribution in [1.29, 1.82) is 0 Å². The van der Waals surface area contributed by atoms with E-state index >= 15 is 0 Å². The fraction of sp³-hybridized carbons (Fsp3) is 0. The number of aromatic nitrogens is 3. The van der Waals surface area contributed by atoms with Gasteiger partial charge >= 0.3 is 5.69 Å². The number of rotatable bonds is 3. The van der Waals surface area contributed by atoms with Gasteiger partial charge in [-0.15, -0.1) is 0 Å². The van der Waals surface area contributed by atoms with Crippen LogP contribution in [0.3, 0.4) is 0 Å². The average molecular weight is 328 g/mol. The fourth-order valence-corrected chi connectivity index (χ4v) is 2.50. The van der Waals surface area contributed by atoms with Crippen molar-refractivity contribution in [2.75, 3.05) is 5.73 Å². The Kier molecular flexibility index (Phi) is 3.72. The van der Waals surface area contributed by atoms with Gasteiger partial charge in [0, 0.05) is 6.20 Å². The molecule has 0 spiro atoms. The topological polar surface area (TPSA) is 108 Å². The zero-order valence-electron chi connectivity index (χ0n) is 8.78. The smallest absolute Gasteiger partial charge is 0.343 e. The highest BCUT2D eigenvalue weighted by Gasteiger charge is 2.22. The second-order valence-corrected chi connectivity index (χ2v) is 4.89. The lowest BCUT2D eigenvalue weighted by Crippen LogP contribution is -2.01. The summed E-state index contributed by atoms with van der Waals surface area (Å²) >= 11 is 4.36. The SMILES string of the molecule is Nc1ncnc(Sc2ncccc2Br)c1[N+](=O)[O-]. The van der Waals surface area contributed by atoms with Crippen LogP contribution < -0.4 is 5.73 Å². The number of pyridine rings is 1. The molecule has 0 saturated heterocycles. The van der Waals surface area contributed by atoms with Crippen LogP contribution in [0.5, 0.6) is 0 Å². The van der Waals surface area contributed by atoms with Crippen molar-refractivity contribution in [3.05, 3.63) is 39.2 Å². The second kappa shape index (κ2) is 5.27. The van der Waals surface area contributed by atoms with Gasteiger partial charge in [0.15, 0.2) is 5.03 Å². The summed E-state index contributed by atoms with van der Waals surface area (Å²) in [6.45, 7) is 0. The van der Waals surface area contributed by atoms with Crippen LogP contribution in [0.25, 0.3) is 0 Å². The van der Waals surface area contributed by atoms with Crippen molar-refractivity contribution in [3.63, 3.8) is 0 Å². The van der Waals surface area contributed by atoms with Gasteiger partial charge in [0.25, 0.3) is 0 Å². The Morgan fingerprint density at radius 1 is 1.33 bits per heavy atom. The minimum absolute atomic E-state index is 0.159. The standard InChI is InChI=1S/C9H6BrN5O2S/c10-5-2-1-3-12-8(5)18-9-6(15(16)17)7(11)13-4-14-9/h1-4H,(H2,11,13,14). The molecule has 7 nitrogen and oxygen atoms in total. The molecule has 9 heteroatoms. The molecule has 2 N–H and O–H groups in total. The number of nitro groups is 1. The molecule has 0 atom stereocenters. The van der Waals surface area contributed by atoms with Gasteiger partial charge in [0.2, 0.25) is 5.82 Å². The molecule has 0 fully saturated rings. The Hall–Kier alpha value is -1.74. The maximum atomic E-state index is 10.9. The molecule has 0 radical (unpaired) electrons. The largest absolute Gasteiger partial charge is 0.378 e. The van der Waals surface area contributed by atoms with Crippen LogP contribution in [0, 0.1) is 10.1 Å². The quantitative estimate of drug-likeness (QED) is 0.523. The van der Waals surface area contributed by atoms with Gasteiger partial charge in [0.05, 0.1) is 9.40 Å². The Bertz CT molecular complexity index is 609. The fourth-order valence-electron chi connectivity index (χ4n) is 1.16. The molecule has 0 aromatic carbocycles. The Morgan fingerprint density at radius 2 is 2.11 bits per heavy atom. The third-order valence-corrected chi connectivity index (χ3v) is 3.83. The van der Waals surface area contributed by atoms with Gasteiger partial charge in [-0.25, -0.2) is 15.0 Å².